The largest absolute Gasteiger partial charge is 0.484 e. The molecule has 0 fully saturated rings. The summed E-state index contributed by atoms with van der Waals surface area (Å²) in [7, 11) is 0. The molecule has 19 heavy (non-hydrogen) atoms. The number of ether oxygens (including phenoxy) is 1. The fourth-order valence-corrected chi connectivity index (χ4v) is 2.23. The first-order valence-electron chi connectivity index (χ1n) is 6.19. The minimum Gasteiger partial charge on any atom is -0.484 e. The molecule has 1 aromatic rings. The number of rotatable bonds is 7. The van der Waals surface area contributed by atoms with E-state index in [9.17, 15) is 4.79 Å². The van der Waals surface area contributed by atoms with Gasteiger partial charge < -0.3 is 15.2 Å². The van der Waals surface area contributed by atoms with Crippen molar-refractivity contribution in [2.75, 3.05) is 19.5 Å². The molecule has 106 valence electrons. The van der Waals surface area contributed by atoms with Crippen LogP contribution < -0.4 is 10.1 Å². The van der Waals surface area contributed by atoms with Crippen molar-refractivity contribution in [1.29, 1.82) is 0 Å². The predicted molar refractivity (Wildman–Crippen MR) is 78.7 cm³/mol. The van der Waals surface area contributed by atoms with Gasteiger partial charge >= 0.3 is 0 Å². The third-order valence-corrected chi connectivity index (χ3v) is 3.98. The van der Waals surface area contributed by atoms with Crippen molar-refractivity contribution in [3.8, 4) is 5.75 Å². The fraction of sp³-hybridized carbons (Fsp3) is 0.500. The quantitative estimate of drug-likeness (QED) is 0.798. The van der Waals surface area contributed by atoms with Crippen molar-refractivity contribution in [2.45, 2.75) is 25.1 Å². The molecule has 0 radical (unpaired) electrons. The number of benzene rings is 1. The number of thioether (sulfide) groups is 1. The first-order valence-corrected chi connectivity index (χ1v) is 7.48. The Labute approximate surface area is 118 Å². The molecule has 0 aliphatic carbocycles. The van der Waals surface area contributed by atoms with E-state index in [4.69, 9.17) is 9.84 Å². The van der Waals surface area contributed by atoms with Gasteiger partial charge in [-0.1, -0.05) is 17.7 Å². The Morgan fingerprint density at radius 3 is 2.58 bits per heavy atom. The number of hydrogen-bond donors (Lipinski definition) is 2. The summed E-state index contributed by atoms with van der Waals surface area (Å²) in [5.74, 6) is 0.498. The number of nitrogens with one attached hydrogen (secondary N) is 1. The second kappa shape index (κ2) is 8.07. The molecule has 0 aromatic heterocycles. The van der Waals surface area contributed by atoms with Crippen LogP contribution in [0.3, 0.4) is 0 Å². The van der Waals surface area contributed by atoms with Crippen LogP contribution in [0.15, 0.2) is 24.3 Å². The Bertz CT molecular complexity index is 390. The lowest BCUT2D eigenvalue weighted by Gasteiger charge is -2.21. The van der Waals surface area contributed by atoms with E-state index in [0.29, 0.717) is 5.75 Å². The fourth-order valence-electron chi connectivity index (χ4n) is 1.61. The molecule has 1 aromatic carbocycles. The summed E-state index contributed by atoms with van der Waals surface area (Å²) < 4.78 is 5.39. The summed E-state index contributed by atoms with van der Waals surface area (Å²) in [4.78, 5) is 11.7. The van der Waals surface area contributed by atoms with Crippen LogP contribution >= 0.6 is 11.8 Å². The maximum Gasteiger partial charge on any atom is 0.258 e. The van der Waals surface area contributed by atoms with Gasteiger partial charge in [-0.05, 0) is 32.2 Å². The van der Waals surface area contributed by atoms with Crippen LogP contribution in [0.1, 0.15) is 12.5 Å². The summed E-state index contributed by atoms with van der Waals surface area (Å²) in [6.07, 6.45) is 1.91. The number of carbonyl (C=O) groups is 1. The van der Waals surface area contributed by atoms with Gasteiger partial charge in [-0.15, -0.1) is 0 Å². The van der Waals surface area contributed by atoms with Crippen LogP contribution in [0, 0.1) is 6.92 Å². The van der Waals surface area contributed by atoms with E-state index >= 15 is 0 Å². The van der Waals surface area contributed by atoms with Crippen molar-refractivity contribution >= 4 is 17.7 Å². The zero-order valence-corrected chi connectivity index (χ0v) is 12.4. The van der Waals surface area contributed by atoms with Crippen molar-refractivity contribution < 1.29 is 14.6 Å². The van der Waals surface area contributed by atoms with Gasteiger partial charge in [0.05, 0.1) is 6.61 Å². The van der Waals surface area contributed by atoms with Gasteiger partial charge in [-0.3, -0.25) is 4.79 Å². The van der Waals surface area contributed by atoms with Crippen LogP contribution in [-0.4, -0.2) is 41.8 Å². The summed E-state index contributed by atoms with van der Waals surface area (Å²) in [5, 5.41) is 12.0. The SMILES string of the molecule is CSC(CO)C(C)NC(=O)COc1ccc(C)cc1. The molecule has 1 amide bonds. The smallest absolute Gasteiger partial charge is 0.258 e. The maximum atomic E-state index is 11.7. The Hall–Kier alpha value is -1.20. The lowest BCUT2D eigenvalue weighted by Crippen LogP contribution is -2.43. The van der Waals surface area contributed by atoms with Gasteiger partial charge in [0, 0.05) is 11.3 Å². The monoisotopic (exact) mass is 283 g/mol. The van der Waals surface area contributed by atoms with E-state index in [1.165, 1.54) is 11.8 Å². The van der Waals surface area contributed by atoms with Crippen LogP contribution in [-0.2, 0) is 4.79 Å². The highest BCUT2D eigenvalue weighted by Gasteiger charge is 2.17. The van der Waals surface area contributed by atoms with Crippen LogP contribution in [0.2, 0.25) is 0 Å². The summed E-state index contributed by atoms with van der Waals surface area (Å²) >= 11 is 1.53. The molecular weight excluding hydrogens is 262 g/mol. The van der Waals surface area contributed by atoms with Crippen LogP contribution in [0.5, 0.6) is 5.75 Å². The van der Waals surface area contributed by atoms with E-state index < -0.39 is 0 Å². The van der Waals surface area contributed by atoms with E-state index in [2.05, 4.69) is 5.32 Å². The molecule has 5 heteroatoms. The Balaban J connectivity index is 2.37. The zero-order chi connectivity index (χ0) is 14.3. The minimum atomic E-state index is -0.180. The summed E-state index contributed by atoms with van der Waals surface area (Å²) in [6, 6.07) is 7.46. The van der Waals surface area contributed by atoms with Crippen molar-refractivity contribution in [2.24, 2.45) is 0 Å². The number of aliphatic hydroxyl groups is 1. The number of amides is 1. The average Bonchev–Trinajstić information content (AvgIpc) is 2.39. The van der Waals surface area contributed by atoms with Gasteiger partial charge in [-0.25, -0.2) is 0 Å². The third kappa shape index (κ3) is 5.53. The minimum absolute atomic E-state index is 0.00308. The second-order valence-electron chi connectivity index (χ2n) is 4.41. The summed E-state index contributed by atoms with van der Waals surface area (Å²) in [5.41, 5.74) is 1.15. The van der Waals surface area contributed by atoms with Crippen LogP contribution in [0.4, 0.5) is 0 Å². The summed E-state index contributed by atoms with van der Waals surface area (Å²) in [6.45, 7) is 3.90. The van der Waals surface area contributed by atoms with Crippen LogP contribution in [0.25, 0.3) is 0 Å². The standard InChI is InChI=1S/C14H21NO3S/c1-10-4-6-12(7-5-10)18-9-14(17)15-11(2)13(8-16)19-3/h4-7,11,13,16H,8-9H2,1-3H3,(H,15,17). The van der Waals surface area contributed by atoms with E-state index in [1.807, 2.05) is 44.4 Å². The molecule has 0 aliphatic heterocycles. The first kappa shape index (κ1) is 15.9. The molecular formula is C14H21NO3S. The molecule has 0 saturated heterocycles. The Kier molecular flexibility index (Phi) is 6.73. The molecule has 0 aliphatic rings. The van der Waals surface area contributed by atoms with Gasteiger partial charge in [0.2, 0.25) is 0 Å². The molecule has 1 rings (SSSR count). The van der Waals surface area contributed by atoms with E-state index in [-0.39, 0.29) is 30.4 Å². The van der Waals surface area contributed by atoms with Crippen molar-refractivity contribution in [1.82, 2.24) is 5.32 Å². The highest BCUT2D eigenvalue weighted by Crippen LogP contribution is 2.12. The third-order valence-electron chi connectivity index (χ3n) is 2.82. The first-order chi connectivity index (χ1) is 9.06. The van der Waals surface area contributed by atoms with Gasteiger partial charge in [-0.2, -0.15) is 11.8 Å². The highest BCUT2D eigenvalue weighted by atomic mass is 32.2. The van der Waals surface area contributed by atoms with E-state index in [1.54, 1.807) is 0 Å². The van der Waals surface area contributed by atoms with Gasteiger partial charge in [0.25, 0.3) is 5.91 Å². The topological polar surface area (TPSA) is 58.6 Å². The Morgan fingerprint density at radius 2 is 2.05 bits per heavy atom. The Morgan fingerprint density at radius 1 is 1.42 bits per heavy atom. The van der Waals surface area contributed by atoms with Gasteiger partial charge in [0.15, 0.2) is 6.61 Å². The molecule has 0 spiro atoms. The molecule has 2 N–H and O–H groups in total. The normalized spacial score (nSPS) is 13.7. The second-order valence-corrected chi connectivity index (χ2v) is 5.49. The molecule has 0 heterocycles. The maximum absolute atomic E-state index is 11.7. The lowest BCUT2D eigenvalue weighted by atomic mass is 10.2. The molecule has 2 atom stereocenters. The predicted octanol–water partition coefficient (Wildman–Crippen LogP) is 1.60. The van der Waals surface area contributed by atoms with E-state index in [0.717, 1.165) is 5.56 Å². The highest BCUT2D eigenvalue weighted by molar-refractivity contribution is 7.99. The molecule has 2 unspecified atom stereocenters. The molecule has 0 saturated carbocycles. The molecule has 0 bridgehead atoms. The number of aliphatic hydroxyl groups excluding tert-OH is 1. The number of aryl methyl sites for hydroxylation is 1. The lowest BCUT2D eigenvalue weighted by molar-refractivity contribution is -0.123. The van der Waals surface area contributed by atoms with Crippen molar-refractivity contribution in [3.63, 3.8) is 0 Å². The number of hydrogen-bond acceptors (Lipinski definition) is 4. The van der Waals surface area contributed by atoms with Gasteiger partial charge in [0.1, 0.15) is 5.75 Å². The van der Waals surface area contributed by atoms with Crippen molar-refractivity contribution in [3.05, 3.63) is 29.8 Å². The average molecular weight is 283 g/mol. The molecule has 4 nitrogen and oxygen atoms in total. The number of carbonyl (C=O) groups excluding carboxylic acids is 1. The zero-order valence-electron chi connectivity index (χ0n) is 11.6.